The molecule has 3 nitrogen and oxygen atoms in total. The first-order valence-corrected chi connectivity index (χ1v) is 3.41. The molecule has 3 N–H and O–H groups in total. The van der Waals surface area contributed by atoms with Crippen LogP contribution < -0.4 is 11.1 Å². The Bertz CT molecular complexity index is 154. The molecule has 4 heteroatoms. The molecular formula is C7H14FN3. The molecule has 11 heavy (non-hydrogen) atoms. The zero-order chi connectivity index (χ0) is 8.69. The third kappa shape index (κ3) is 6.83. The minimum atomic E-state index is -0.441. The van der Waals surface area contributed by atoms with Crippen molar-refractivity contribution in [2.45, 2.75) is 6.92 Å². The molecule has 0 saturated carbocycles. The van der Waals surface area contributed by atoms with Crippen LogP contribution in [0.3, 0.4) is 0 Å². The first kappa shape index (κ1) is 9.94. The zero-order valence-corrected chi connectivity index (χ0v) is 6.73. The van der Waals surface area contributed by atoms with Crippen LogP contribution in [-0.2, 0) is 0 Å². The summed E-state index contributed by atoms with van der Waals surface area (Å²) in [5.74, 6) is 0.269. The van der Waals surface area contributed by atoms with Crippen LogP contribution in [-0.4, -0.2) is 25.7 Å². The molecule has 0 atom stereocenters. The Morgan fingerprint density at radius 2 is 2.36 bits per heavy atom. The zero-order valence-electron chi connectivity index (χ0n) is 6.73. The second-order valence-corrected chi connectivity index (χ2v) is 2.27. The summed E-state index contributed by atoms with van der Waals surface area (Å²) in [4.78, 5) is 3.88. The highest BCUT2D eigenvalue weighted by molar-refractivity contribution is 5.77. The van der Waals surface area contributed by atoms with Crippen LogP contribution in [0.2, 0.25) is 0 Å². The number of nitrogens with one attached hydrogen (secondary N) is 1. The number of nitrogens with two attached hydrogens (primary N) is 1. The van der Waals surface area contributed by atoms with Crippen molar-refractivity contribution < 1.29 is 4.39 Å². The van der Waals surface area contributed by atoms with Crippen molar-refractivity contribution in [2.75, 3.05) is 19.8 Å². The van der Waals surface area contributed by atoms with Gasteiger partial charge >= 0.3 is 0 Å². The van der Waals surface area contributed by atoms with E-state index in [0.717, 1.165) is 5.57 Å². The number of hydrogen-bond acceptors (Lipinski definition) is 1. The molecule has 0 fully saturated rings. The van der Waals surface area contributed by atoms with Crippen molar-refractivity contribution in [1.82, 2.24) is 5.32 Å². The molecule has 64 valence electrons. The summed E-state index contributed by atoms with van der Waals surface area (Å²) in [5.41, 5.74) is 6.27. The normalized spacial score (nSPS) is 11.3. The lowest BCUT2D eigenvalue weighted by Gasteiger charge is -2.01. The van der Waals surface area contributed by atoms with Crippen LogP contribution >= 0.6 is 0 Å². The molecule has 0 heterocycles. The van der Waals surface area contributed by atoms with E-state index in [-0.39, 0.29) is 12.5 Å². The van der Waals surface area contributed by atoms with Crippen LogP contribution in [0.5, 0.6) is 0 Å². The fourth-order valence-corrected chi connectivity index (χ4v) is 0.451. The Balaban J connectivity index is 3.54. The average Bonchev–Trinajstić information content (AvgIpc) is 1.97. The van der Waals surface area contributed by atoms with Crippen molar-refractivity contribution in [2.24, 2.45) is 10.7 Å². The number of guanidine groups is 1. The van der Waals surface area contributed by atoms with Crippen molar-refractivity contribution in [3.63, 3.8) is 0 Å². The van der Waals surface area contributed by atoms with Gasteiger partial charge in [0.1, 0.15) is 6.67 Å². The molecule has 0 spiro atoms. The van der Waals surface area contributed by atoms with Gasteiger partial charge in [0.15, 0.2) is 5.96 Å². The van der Waals surface area contributed by atoms with Gasteiger partial charge in [-0.15, -0.1) is 0 Å². The van der Waals surface area contributed by atoms with Crippen LogP contribution in [0.1, 0.15) is 6.92 Å². The standard InChI is InChI=1S/C7H14FN3/c1-6(2)5-11-7(9)10-4-3-8/h1,3-5H2,2H3,(H3,9,10,11). The fraction of sp³-hybridized carbons (Fsp3) is 0.571. The molecule has 0 aromatic rings. The highest BCUT2D eigenvalue weighted by Crippen LogP contribution is 1.85. The van der Waals surface area contributed by atoms with Gasteiger partial charge in [-0.1, -0.05) is 12.2 Å². The molecule has 0 aromatic heterocycles. The topological polar surface area (TPSA) is 50.4 Å². The van der Waals surface area contributed by atoms with Crippen LogP contribution in [0.15, 0.2) is 17.1 Å². The first-order chi connectivity index (χ1) is 5.16. The average molecular weight is 159 g/mol. The second-order valence-electron chi connectivity index (χ2n) is 2.27. The summed E-state index contributed by atoms with van der Waals surface area (Å²) in [6.07, 6.45) is 0. The van der Waals surface area contributed by atoms with E-state index in [1.807, 2.05) is 6.92 Å². The highest BCUT2D eigenvalue weighted by atomic mass is 19.1. The molecule has 0 aliphatic carbocycles. The molecule has 0 aliphatic heterocycles. The smallest absolute Gasteiger partial charge is 0.188 e. The second kappa shape index (κ2) is 5.70. The van der Waals surface area contributed by atoms with Gasteiger partial charge in [0.25, 0.3) is 0 Å². The lowest BCUT2D eigenvalue weighted by molar-refractivity contribution is 0.490. The molecule has 0 rings (SSSR count). The minimum absolute atomic E-state index is 0.214. The Morgan fingerprint density at radius 3 is 2.82 bits per heavy atom. The predicted octanol–water partition coefficient (Wildman–Crippen LogP) is 0.436. The van der Waals surface area contributed by atoms with Gasteiger partial charge in [-0.3, -0.25) is 0 Å². The predicted molar refractivity (Wildman–Crippen MR) is 45.3 cm³/mol. The molecule has 0 unspecified atom stereocenters. The van der Waals surface area contributed by atoms with E-state index >= 15 is 0 Å². The number of aliphatic imine (C=N–C) groups is 1. The molecule has 0 aliphatic rings. The van der Waals surface area contributed by atoms with Gasteiger partial charge in [0.2, 0.25) is 0 Å². The number of rotatable bonds is 4. The van der Waals surface area contributed by atoms with Gasteiger partial charge in [-0.25, -0.2) is 9.38 Å². The Labute approximate surface area is 66.2 Å². The maximum absolute atomic E-state index is 11.6. The van der Waals surface area contributed by atoms with Crippen molar-refractivity contribution in [1.29, 1.82) is 0 Å². The Hall–Kier alpha value is -1.06. The van der Waals surface area contributed by atoms with Crippen molar-refractivity contribution >= 4 is 5.96 Å². The van der Waals surface area contributed by atoms with E-state index < -0.39 is 6.67 Å². The van der Waals surface area contributed by atoms with Crippen molar-refractivity contribution in [3.8, 4) is 0 Å². The number of nitrogens with zero attached hydrogens (tertiary/aromatic N) is 1. The third-order valence-electron chi connectivity index (χ3n) is 0.920. The largest absolute Gasteiger partial charge is 0.370 e. The highest BCUT2D eigenvalue weighted by Gasteiger charge is 1.88. The molecule has 0 radical (unpaired) electrons. The first-order valence-electron chi connectivity index (χ1n) is 3.41. The Kier molecular flexibility index (Phi) is 5.15. The summed E-state index contributed by atoms with van der Waals surface area (Å²) in [7, 11) is 0. The van der Waals surface area contributed by atoms with E-state index in [0.29, 0.717) is 6.54 Å². The maximum atomic E-state index is 11.6. The number of halogens is 1. The lowest BCUT2D eigenvalue weighted by atomic mass is 10.4. The molecule has 0 aromatic carbocycles. The third-order valence-corrected chi connectivity index (χ3v) is 0.920. The summed E-state index contributed by atoms with van der Waals surface area (Å²) < 4.78 is 11.6. The lowest BCUT2D eigenvalue weighted by Crippen LogP contribution is -2.33. The van der Waals surface area contributed by atoms with E-state index in [4.69, 9.17) is 5.73 Å². The Morgan fingerprint density at radius 1 is 1.73 bits per heavy atom. The van der Waals surface area contributed by atoms with Crippen LogP contribution in [0, 0.1) is 0 Å². The molecule has 0 bridgehead atoms. The van der Waals surface area contributed by atoms with Gasteiger partial charge < -0.3 is 11.1 Å². The van der Waals surface area contributed by atoms with E-state index in [2.05, 4.69) is 16.9 Å². The maximum Gasteiger partial charge on any atom is 0.188 e. The quantitative estimate of drug-likeness (QED) is 0.355. The molecule has 0 saturated heterocycles. The van der Waals surface area contributed by atoms with Gasteiger partial charge in [-0.2, -0.15) is 0 Å². The fourth-order valence-electron chi connectivity index (χ4n) is 0.451. The number of alkyl halides is 1. The van der Waals surface area contributed by atoms with E-state index in [9.17, 15) is 4.39 Å². The van der Waals surface area contributed by atoms with Gasteiger partial charge in [0, 0.05) is 6.54 Å². The summed E-state index contributed by atoms with van der Waals surface area (Å²) in [6, 6.07) is 0. The van der Waals surface area contributed by atoms with Crippen LogP contribution in [0.4, 0.5) is 4.39 Å². The van der Waals surface area contributed by atoms with E-state index in [1.54, 1.807) is 0 Å². The minimum Gasteiger partial charge on any atom is -0.370 e. The van der Waals surface area contributed by atoms with Gasteiger partial charge in [-0.05, 0) is 6.92 Å². The molecular weight excluding hydrogens is 145 g/mol. The SMILES string of the molecule is C=C(C)CN=C(N)NCCF. The number of hydrogen-bond donors (Lipinski definition) is 2. The summed E-state index contributed by atoms with van der Waals surface area (Å²) in [6.45, 7) is 5.76. The van der Waals surface area contributed by atoms with Crippen molar-refractivity contribution in [3.05, 3.63) is 12.2 Å². The van der Waals surface area contributed by atoms with Gasteiger partial charge in [0.05, 0.1) is 6.54 Å². The monoisotopic (exact) mass is 159 g/mol. The molecule has 0 amide bonds. The van der Waals surface area contributed by atoms with E-state index in [1.165, 1.54) is 0 Å². The van der Waals surface area contributed by atoms with Crippen LogP contribution in [0.25, 0.3) is 0 Å². The summed E-state index contributed by atoms with van der Waals surface area (Å²) >= 11 is 0. The summed E-state index contributed by atoms with van der Waals surface area (Å²) in [5, 5.41) is 2.60.